The molecule has 4 heteroatoms. The van der Waals surface area contributed by atoms with E-state index in [-0.39, 0.29) is 11.8 Å². The van der Waals surface area contributed by atoms with Gasteiger partial charge in [-0.1, -0.05) is 6.07 Å². The van der Waals surface area contributed by atoms with E-state index in [4.69, 9.17) is 4.74 Å². The molecule has 19 heavy (non-hydrogen) atoms. The molecule has 0 aliphatic carbocycles. The molecule has 0 saturated carbocycles. The van der Waals surface area contributed by atoms with Crippen LogP contribution in [-0.4, -0.2) is 29.3 Å². The number of thioether (sulfide) groups is 1. The number of benzene rings is 1. The van der Waals surface area contributed by atoms with Crippen LogP contribution in [0.1, 0.15) is 38.3 Å². The highest BCUT2D eigenvalue weighted by atomic mass is 32.2. The van der Waals surface area contributed by atoms with Gasteiger partial charge in [-0.15, -0.1) is 0 Å². The van der Waals surface area contributed by atoms with Crippen molar-refractivity contribution in [1.29, 1.82) is 0 Å². The fraction of sp³-hybridized carbons (Fsp3) is 0.600. The van der Waals surface area contributed by atoms with E-state index < -0.39 is 0 Å². The van der Waals surface area contributed by atoms with Crippen molar-refractivity contribution in [2.45, 2.75) is 37.5 Å². The van der Waals surface area contributed by atoms with Gasteiger partial charge in [0.1, 0.15) is 0 Å². The molecule has 1 aromatic carbocycles. The lowest BCUT2D eigenvalue weighted by atomic mass is 10.0. The fourth-order valence-corrected chi connectivity index (χ4v) is 3.68. The maximum atomic E-state index is 9.61. The molecule has 2 atom stereocenters. The number of nitrogens with one attached hydrogen (secondary N) is 1. The van der Waals surface area contributed by atoms with E-state index in [9.17, 15) is 5.11 Å². The smallest absolute Gasteiger partial charge is 0.160 e. The van der Waals surface area contributed by atoms with Gasteiger partial charge in [0, 0.05) is 17.3 Å². The number of rotatable bonds is 5. The average Bonchev–Trinajstić information content (AvgIpc) is 2.84. The van der Waals surface area contributed by atoms with Gasteiger partial charge in [0.05, 0.1) is 7.11 Å². The van der Waals surface area contributed by atoms with Gasteiger partial charge in [-0.25, -0.2) is 0 Å². The Morgan fingerprint density at radius 2 is 2.32 bits per heavy atom. The molecule has 0 spiro atoms. The number of hydrogen-bond donors (Lipinski definition) is 2. The molecule has 1 saturated heterocycles. The zero-order valence-electron chi connectivity index (χ0n) is 11.9. The Balaban J connectivity index is 1.97. The van der Waals surface area contributed by atoms with Gasteiger partial charge in [0.2, 0.25) is 0 Å². The van der Waals surface area contributed by atoms with Crippen molar-refractivity contribution in [3.05, 3.63) is 23.8 Å². The van der Waals surface area contributed by atoms with Gasteiger partial charge < -0.3 is 15.2 Å². The number of phenols is 1. The number of ether oxygens (including phenoxy) is 1. The SMILES string of the molecule is COc1cc(C(C)NCC2(C)CCCS2)ccc1O. The van der Waals surface area contributed by atoms with E-state index in [2.05, 4.69) is 30.9 Å². The van der Waals surface area contributed by atoms with E-state index in [0.717, 1.165) is 12.1 Å². The van der Waals surface area contributed by atoms with Crippen LogP contribution in [0.2, 0.25) is 0 Å². The summed E-state index contributed by atoms with van der Waals surface area (Å²) < 4.78 is 5.52. The summed E-state index contributed by atoms with van der Waals surface area (Å²) >= 11 is 2.06. The number of aromatic hydroxyl groups is 1. The molecule has 3 nitrogen and oxygen atoms in total. The van der Waals surface area contributed by atoms with Crippen molar-refractivity contribution in [3.8, 4) is 11.5 Å². The first-order valence-electron chi connectivity index (χ1n) is 6.78. The Labute approximate surface area is 119 Å². The average molecular weight is 281 g/mol. The highest BCUT2D eigenvalue weighted by Gasteiger charge is 2.29. The van der Waals surface area contributed by atoms with Crippen LogP contribution >= 0.6 is 11.8 Å². The predicted octanol–water partition coefficient (Wildman–Crippen LogP) is 3.34. The quantitative estimate of drug-likeness (QED) is 0.868. The molecule has 1 fully saturated rings. The fourth-order valence-electron chi connectivity index (χ4n) is 2.43. The summed E-state index contributed by atoms with van der Waals surface area (Å²) in [6, 6.07) is 5.79. The summed E-state index contributed by atoms with van der Waals surface area (Å²) in [5.41, 5.74) is 1.14. The molecular weight excluding hydrogens is 258 g/mol. The molecule has 1 aromatic rings. The molecule has 2 rings (SSSR count). The van der Waals surface area contributed by atoms with Gasteiger partial charge in [-0.2, -0.15) is 11.8 Å². The van der Waals surface area contributed by atoms with Crippen molar-refractivity contribution in [1.82, 2.24) is 5.32 Å². The number of hydrogen-bond acceptors (Lipinski definition) is 4. The van der Waals surface area contributed by atoms with Crippen molar-refractivity contribution in [2.24, 2.45) is 0 Å². The first-order valence-corrected chi connectivity index (χ1v) is 7.77. The first kappa shape index (κ1) is 14.5. The normalized spacial score (nSPS) is 24.4. The Bertz CT molecular complexity index is 430. The zero-order chi connectivity index (χ0) is 13.9. The van der Waals surface area contributed by atoms with E-state index >= 15 is 0 Å². The first-order chi connectivity index (χ1) is 9.04. The second-order valence-electron chi connectivity index (χ2n) is 5.44. The van der Waals surface area contributed by atoms with Crippen LogP contribution in [0.5, 0.6) is 11.5 Å². The van der Waals surface area contributed by atoms with Crippen molar-refractivity contribution < 1.29 is 9.84 Å². The van der Waals surface area contributed by atoms with Gasteiger partial charge in [-0.3, -0.25) is 0 Å². The molecule has 1 heterocycles. The third-order valence-electron chi connectivity index (χ3n) is 3.79. The topological polar surface area (TPSA) is 41.5 Å². The molecule has 0 bridgehead atoms. The zero-order valence-corrected chi connectivity index (χ0v) is 12.7. The van der Waals surface area contributed by atoms with Gasteiger partial charge in [-0.05, 0) is 50.1 Å². The maximum Gasteiger partial charge on any atom is 0.160 e. The van der Waals surface area contributed by atoms with Crippen LogP contribution in [0.15, 0.2) is 18.2 Å². The summed E-state index contributed by atoms with van der Waals surface area (Å²) in [4.78, 5) is 0. The molecule has 106 valence electrons. The van der Waals surface area contributed by atoms with E-state index in [0.29, 0.717) is 10.5 Å². The molecule has 0 amide bonds. The monoisotopic (exact) mass is 281 g/mol. The minimum atomic E-state index is 0.191. The Hall–Kier alpha value is -0.870. The van der Waals surface area contributed by atoms with Crippen LogP contribution < -0.4 is 10.1 Å². The second-order valence-corrected chi connectivity index (χ2v) is 7.12. The molecule has 2 N–H and O–H groups in total. The molecule has 0 aromatic heterocycles. The molecule has 0 radical (unpaired) electrons. The standard InChI is InChI=1S/C15H23NO2S/c1-11(16-10-15(2)7-4-8-19-15)12-5-6-13(17)14(9-12)18-3/h5-6,9,11,16-17H,4,7-8,10H2,1-3H3. The second kappa shape index (κ2) is 6.06. The van der Waals surface area contributed by atoms with Gasteiger partial charge in [0.25, 0.3) is 0 Å². The molecule has 1 aliphatic heterocycles. The van der Waals surface area contributed by atoms with Crippen molar-refractivity contribution in [2.75, 3.05) is 19.4 Å². The minimum Gasteiger partial charge on any atom is -0.504 e. The Kier molecular flexibility index (Phi) is 4.63. The summed E-state index contributed by atoms with van der Waals surface area (Å²) in [7, 11) is 1.58. The summed E-state index contributed by atoms with van der Waals surface area (Å²) in [6.45, 7) is 5.50. The van der Waals surface area contributed by atoms with E-state index in [1.807, 2.05) is 12.1 Å². The lowest BCUT2D eigenvalue weighted by molar-refractivity contribution is 0.372. The van der Waals surface area contributed by atoms with Crippen LogP contribution in [0.25, 0.3) is 0 Å². The predicted molar refractivity (Wildman–Crippen MR) is 81.2 cm³/mol. The highest BCUT2D eigenvalue weighted by Crippen LogP contribution is 2.37. The Morgan fingerprint density at radius 3 is 2.95 bits per heavy atom. The van der Waals surface area contributed by atoms with Crippen LogP contribution in [0, 0.1) is 0 Å². The van der Waals surface area contributed by atoms with Crippen molar-refractivity contribution in [3.63, 3.8) is 0 Å². The largest absolute Gasteiger partial charge is 0.504 e. The van der Waals surface area contributed by atoms with Crippen LogP contribution in [0.4, 0.5) is 0 Å². The lowest BCUT2D eigenvalue weighted by Crippen LogP contribution is -2.34. The molecule has 1 aliphatic rings. The van der Waals surface area contributed by atoms with E-state index in [1.54, 1.807) is 13.2 Å². The van der Waals surface area contributed by atoms with E-state index in [1.165, 1.54) is 18.6 Å². The number of methoxy groups -OCH3 is 1. The summed E-state index contributed by atoms with van der Waals surface area (Å²) in [6.07, 6.45) is 2.61. The summed E-state index contributed by atoms with van der Waals surface area (Å²) in [5.74, 6) is 2.00. The van der Waals surface area contributed by atoms with Crippen LogP contribution in [-0.2, 0) is 0 Å². The molecule has 2 unspecified atom stereocenters. The van der Waals surface area contributed by atoms with Crippen LogP contribution in [0.3, 0.4) is 0 Å². The third kappa shape index (κ3) is 3.57. The Morgan fingerprint density at radius 1 is 1.53 bits per heavy atom. The lowest BCUT2D eigenvalue weighted by Gasteiger charge is -2.26. The number of phenolic OH excluding ortho intramolecular Hbond substituents is 1. The maximum absolute atomic E-state index is 9.61. The van der Waals surface area contributed by atoms with Crippen molar-refractivity contribution >= 4 is 11.8 Å². The highest BCUT2D eigenvalue weighted by molar-refractivity contribution is 8.00. The molecular formula is C15H23NO2S. The van der Waals surface area contributed by atoms with Gasteiger partial charge >= 0.3 is 0 Å². The third-order valence-corrected chi connectivity index (χ3v) is 5.32. The minimum absolute atomic E-state index is 0.191. The summed E-state index contributed by atoms with van der Waals surface area (Å²) in [5, 5.41) is 13.2. The van der Waals surface area contributed by atoms with Gasteiger partial charge in [0.15, 0.2) is 11.5 Å².